The predicted octanol–water partition coefficient (Wildman–Crippen LogP) is 3.21. The van der Waals surface area contributed by atoms with Crippen LogP contribution in [0, 0.1) is 6.92 Å². The minimum absolute atomic E-state index is 0.680. The van der Waals surface area contributed by atoms with Crippen molar-refractivity contribution in [3.63, 3.8) is 0 Å². The summed E-state index contributed by atoms with van der Waals surface area (Å²) in [6, 6.07) is 8.14. The van der Waals surface area contributed by atoms with Crippen molar-refractivity contribution in [2.75, 3.05) is 0 Å². The third-order valence-electron chi connectivity index (χ3n) is 3.90. The van der Waals surface area contributed by atoms with E-state index in [1.807, 2.05) is 43.1 Å². The molecule has 0 aliphatic carbocycles. The molecule has 23 heavy (non-hydrogen) atoms. The zero-order valence-corrected chi connectivity index (χ0v) is 13.8. The predicted molar refractivity (Wildman–Crippen MR) is 90.4 cm³/mol. The Hall–Kier alpha value is -2.40. The highest BCUT2D eigenvalue weighted by atomic mass is 16.3. The van der Waals surface area contributed by atoms with Crippen molar-refractivity contribution in [3.05, 3.63) is 54.6 Å². The van der Waals surface area contributed by atoms with Crippen molar-refractivity contribution in [2.45, 2.75) is 39.3 Å². The Balaban J connectivity index is 1.89. The molecule has 2 aromatic heterocycles. The lowest BCUT2D eigenvalue weighted by Crippen LogP contribution is -2.21. The molecule has 0 radical (unpaired) electrons. The lowest BCUT2D eigenvalue weighted by Gasteiger charge is -2.18. The molecule has 0 saturated heterocycles. The second-order valence-electron chi connectivity index (χ2n) is 6.46. The summed E-state index contributed by atoms with van der Waals surface area (Å²) in [6.45, 7) is 6.47. The fraction of sp³-hybridized carbons (Fsp3) is 0.333. The van der Waals surface area contributed by atoms with Gasteiger partial charge in [-0.05, 0) is 57.0 Å². The van der Waals surface area contributed by atoms with Crippen LogP contribution in [0.3, 0.4) is 0 Å². The molecule has 3 aromatic rings. The van der Waals surface area contributed by atoms with Crippen LogP contribution in [0.2, 0.25) is 0 Å². The normalized spacial score (nSPS) is 11.8. The first-order valence-corrected chi connectivity index (χ1v) is 7.79. The van der Waals surface area contributed by atoms with Crippen molar-refractivity contribution in [3.8, 4) is 17.1 Å². The van der Waals surface area contributed by atoms with Gasteiger partial charge in [0, 0.05) is 36.9 Å². The molecule has 3 rings (SSSR count). The van der Waals surface area contributed by atoms with Crippen LogP contribution < -0.4 is 0 Å². The molecule has 0 fully saturated rings. The van der Waals surface area contributed by atoms with Crippen molar-refractivity contribution in [1.82, 2.24) is 19.3 Å². The van der Waals surface area contributed by atoms with Crippen LogP contribution in [0.15, 0.2) is 49.1 Å². The van der Waals surface area contributed by atoms with Crippen molar-refractivity contribution in [1.29, 1.82) is 0 Å². The lowest BCUT2D eigenvalue weighted by atomic mass is 10.0. The first kappa shape index (κ1) is 15.5. The third-order valence-corrected chi connectivity index (χ3v) is 3.90. The maximum atomic E-state index is 9.93. The van der Waals surface area contributed by atoms with Gasteiger partial charge in [0.2, 0.25) is 0 Å². The van der Waals surface area contributed by atoms with E-state index < -0.39 is 5.60 Å². The Labute approximate surface area is 136 Å². The first-order chi connectivity index (χ1) is 10.9. The lowest BCUT2D eigenvalue weighted by molar-refractivity contribution is 0.0663. The molecule has 2 heterocycles. The molecule has 0 amide bonds. The topological polar surface area (TPSA) is 55.9 Å². The second-order valence-corrected chi connectivity index (χ2v) is 6.46. The molecule has 0 aliphatic rings. The summed E-state index contributed by atoms with van der Waals surface area (Å²) in [6.07, 6.45) is 8.15. The second kappa shape index (κ2) is 6.01. The van der Waals surface area contributed by atoms with Gasteiger partial charge in [0.1, 0.15) is 5.82 Å². The summed E-state index contributed by atoms with van der Waals surface area (Å²) in [5.41, 5.74) is 2.60. The number of nitrogens with zero attached hydrogens (tertiary/aromatic N) is 4. The Kier molecular flexibility index (Phi) is 4.05. The largest absolute Gasteiger partial charge is 0.390 e. The molecule has 0 aliphatic heterocycles. The number of aryl methyl sites for hydroxylation is 2. The summed E-state index contributed by atoms with van der Waals surface area (Å²) in [4.78, 5) is 4.50. The number of hydrogen-bond donors (Lipinski definition) is 1. The molecule has 0 unspecified atom stereocenters. The first-order valence-electron chi connectivity index (χ1n) is 7.79. The maximum absolute atomic E-state index is 9.93. The molecule has 1 N–H and O–H groups in total. The van der Waals surface area contributed by atoms with Gasteiger partial charge in [-0.25, -0.2) is 9.67 Å². The smallest absolute Gasteiger partial charge is 0.140 e. The molecule has 5 heteroatoms. The van der Waals surface area contributed by atoms with Gasteiger partial charge >= 0.3 is 0 Å². The van der Waals surface area contributed by atoms with Crippen LogP contribution in [-0.4, -0.2) is 30.0 Å². The summed E-state index contributed by atoms with van der Waals surface area (Å²) >= 11 is 0. The van der Waals surface area contributed by atoms with Crippen LogP contribution in [0.5, 0.6) is 0 Å². The SMILES string of the molecule is Cc1cc(-n2cccn2)ccc1-c1nccn1CCC(C)(C)O. The van der Waals surface area contributed by atoms with E-state index in [1.54, 1.807) is 12.4 Å². The Bertz CT molecular complexity index is 782. The van der Waals surface area contributed by atoms with Crippen LogP contribution in [0.4, 0.5) is 0 Å². The number of hydrogen-bond acceptors (Lipinski definition) is 3. The minimum Gasteiger partial charge on any atom is -0.390 e. The molecule has 0 atom stereocenters. The summed E-state index contributed by atoms with van der Waals surface area (Å²) in [5.74, 6) is 0.929. The third kappa shape index (κ3) is 3.51. The van der Waals surface area contributed by atoms with Crippen molar-refractivity contribution < 1.29 is 5.11 Å². The van der Waals surface area contributed by atoms with E-state index in [4.69, 9.17) is 0 Å². The molecule has 0 saturated carbocycles. The standard InChI is InChI=1S/C18H22N4O/c1-14-13-15(22-10-4-8-20-22)5-6-16(14)17-19-9-12-21(17)11-7-18(2,3)23/h4-6,8-10,12-13,23H,7,11H2,1-3H3. The molecule has 1 aromatic carbocycles. The highest BCUT2D eigenvalue weighted by Crippen LogP contribution is 2.25. The highest BCUT2D eigenvalue weighted by Gasteiger charge is 2.15. The minimum atomic E-state index is -0.680. The Morgan fingerprint density at radius 2 is 2.00 bits per heavy atom. The fourth-order valence-corrected chi connectivity index (χ4v) is 2.59. The monoisotopic (exact) mass is 310 g/mol. The average molecular weight is 310 g/mol. The molecule has 120 valence electrons. The van der Waals surface area contributed by atoms with E-state index in [1.165, 1.54) is 0 Å². The molecular weight excluding hydrogens is 288 g/mol. The van der Waals surface area contributed by atoms with Gasteiger partial charge < -0.3 is 9.67 Å². The zero-order valence-electron chi connectivity index (χ0n) is 13.8. The number of aliphatic hydroxyl groups is 1. The molecular formula is C18H22N4O. The Morgan fingerprint density at radius 1 is 1.17 bits per heavy atom. The summed E-state index contributed by atoms with van der Waals surface area (Å²) in [7, 11) is 0. The van der Waals surface area contributed by atoms with E-state index in [2.05, 4.69) is 33.7 Å². The summed E-state index contributed by atoms with van der Waals surface area (Å²) < 4.78 is 3.94. The van der Waals surface area contributed by atoms with E-state index in [-0.39, 0.29) is 0 Å². The van der Waals surface area contributed by atoms with E-state index in [0.717, 1.165) is 29.2 Å². The van der Waals surface area contributed by atoms with Crippen LogP contribution in [0.1, 0.15) is 25.8 Å². The average Bonchev–Trinajstić information content (AvgIpc) is 3.16. The summed E-state index contributed by atoms with van der Waals surface area (Å²) in [5, 5.41) is 14.2. The zero-order chi connectivity index (χ0) is 16.4. The maximum Gasteiger partial charge on any atom is 0.140 e. The quantitative estimate of drug-likeness (QED) is 0.787. The Morgan fingerprint density at radius 3 is 2.65 bits per heavy atom. The van der Waals surface area contributed by atoms with Gasteiger partial charge in [0.25, 0.3) is 0 Å². The van der Waals surface area contributed by atoms with Crippen molar-refractivity contribution >= 4 is 0 Å². The molecule has 0 bridgehead atoms. The van der Waals surface area contributed by atoms with Gasteiger partial charge in [-0.3, -0.25) is 0 Å². The fourth-order valence-electron chi connectivity index (χ4n) is 2.59. The van der Waals surface area contributed by atoms with Crippen LogP contribution in [-0.2, 0) is 6.54 Å². The van der Waals surface area contributed by atoms with E-state index in [0.29, 0.717) is 6.42 Å². The van der Waals surface area contributed by atoms with Gasteiger partial charge in [-0.15, -0.1) is 0 Å². The highest BCUT2D eigenvalue weighted by molar-refractivity contribution is 5.62. The van der Waals surface area contributed by atoms with E-state index >= 15 is 0 Å². The van der Waals surface area contributed by atoms with Gasteiger partial charge in [-0.1, -0.05) is 0 Å². The number of imidazole rings is 1. The van der Waals surface area contributed by atoms with Crippen LogP contribution in [0.25, 0.3) is 17.1 Å². The van der Waals surface area contributed by atoms with Crippen molar-refractivity contribution in [2.24, 2.45) is 0 Å². The van der Waals surface area contributed by atoms with Crippen LogP contribution >= 0.6 is 0 Å². The molecule has 0 spiro atoms. The van der Waals surface area contributed by atoms with Gasteiger partial charge in [-0.2, -0.15) is 5.10 Å². The van der Waals surface area contributed by atoms with Gasteiger partial charge in [0.05, 0.1) is 11.3 Å². The van der Waals surface area contributed by atoms with Gasteiger partial charge in [0.15, 0.2) is 0 Å². The van der Waals surface area contributed by atoms with E-state index in [9.17, 15) is 5.11 Å². The number of benzene rings is 1. The molecule has 5 nitrogen and oxygen atoms in total. The number of aromatic nitrogens is 4. The number of rotatable bonds is 5.